The number of unbranched alkanes of at least 4 members (excludes halogenated alkanes) is 18. The molecule has 0 saturated heterocycles. The summed E-state index contributed by atoms with van der Waals surface area (Å²) in [5, 5.41) is 49.9. The summed E-state index contributed by atoms with van der Waals surface area (Å²) >= 11 is 0. The fourth-order valence-corrected chi connectivity index (χ4v) is 7.02. The SMILES string of the molecule is CCCCCC/C=C\CCCCCCCC(=O)O[C@H](COC(=O)CCCCCCCCCCCC)COP(=O)(O)OC1C(O)C(O)C(O)[C@@H](O)C1O. The number of phosphoric ester groups is 1. The van der Waals surface area contributed by atoms with Crippen molar-refractivity contribution < 1.29 is 63.1 Å². The highest BCUT2D eigenvalue weighted by Crippen LogP contribution is 2.47. The highest BCUT2D eigenvalue weighted by molar-refractivity contribution is 7.47. The summed E-state index contributed by atoms with van der Waals surface area (Å²) in [6.45, 7) is 3.23. The second-order valence-corrected chi connectivity index (χ2v) is 15.5. The van der Waals surface area contributed by atoms with E-state index in [4.69, 9.17) is 18.5 Å². The van der Waals surface area contributed by atoms with E-state index < -0.39 is 75.7 Å². The van der Waals surface area contributed by atoms with Crippen LogP contribution >= 0.6 is 7.82 Å². The lowest BCUT2D eigenvalue weighted by molar-refractivity contribution is -0.220. The third kappa shape index (κ3) is 22.7. The van der Waals surface area contributed by atoms with E-state index in [1.165, 1.54) is 64.2 Å². The molecular formula is C38H71O13P. The lowest BCUT2D eigenvalue weighted by atomic mass is 9.85. The van der Waals surface area contributed by atoms with E-state index in [-0.39, 0.29) is 12.8 Å². The van der Waals surface area contributed by atoms with Gasteiger partial charge in [-0.3, -0.25) is 18.6 Å². The number of hydrogen-bond acceptors (Lipinski definition) is 12. The summed E-state index contributed by atoms with van der Waals surface area (Å²) in [6.07, 6.45) is 14.3. The molecule has 6 unspecified atom stereocenters. The average molecular weight is 767 g/mol. The Hall–Kier alpha value is -1.41. The molecule has 0 heterocycles. The van der Waals surface area contributed by atoms with Crippen molar-refractivity contribution in [2.75, 3.05) is 13.2 Å². The number of aliphatic hydroxyl groups excluding tert-OH is 5. The van der Waals surface area contributed by atoms with Crippen molar-refractivity contribution in [3.8, 4) is 0 Å². The Labute approximate surface area is 312 Å². The topological polar surface area (TPSA) is 210 Å². The predicted molar refractivity (Wildman–Crippen MR) is 198 cm³/mol. The first kappa shape index (κ1) is 48.6. The summed E-state index contributed by atoms with van der Waals surface area (Å²) in [4.78, 5) is 35.4. The van der Waals surface area contributed by atoms with E-state index >= 15 is 0 Å². The van der Waals surface area contributed by atoms with Gasteiger partial charge in [-0.15, -0.1) is 0 Å². The number of carbonyl (C=O) groups excluding carboxylic acids is 2. The Morgan fingerprint density at radius 3 is 1.48 bits per heavy atom. The van der Waals surface area contributed by atoms with Gasteiger partial charge in [0.25, 0.3) is 0 Å². The van der Waals surface area contributed by atoms with Crippen LogP contribution in [0.1, 0.15) is 162 Å². The standard InChI is InChI=1S/C38H71O13P/c1-3-5-7-9-11-13-15-16-17-19-21-23-25-27-32(40)50-30(28-48-31(39)26-24-22-20-18-14-12-10-8-6-4-2)29-49-52(46,47)51-38-36(44)34(42)33(41)35(43)37(38)45/h13,15,30,33-38,41-45H,3-12,14,16-29H2,1-2H3,(H,46,47)/b15-13-/t30-,33?,34-,35?,36?,37?,38?/m1/s1. The monoisotopic (exact) mass is 766 g/mol. The van der Waals surface area contributed by atoms with Crippen molar-refractivity contribution in [2.45, 2.75) is 204 Å². The van der Waals surface area contributed by atoms with E-state index in [1.54, 1.807) is 0 Å². The first-order chi connectivity index (χ1) is 24.9. The molecule has 0 spiro atoms. The molecule has 1 aliphatic carbocycles. The van der Waals surface area contributed by atoms with Crippen LogP contribution in [0.15, 0.2) is 12.2 Å². The van der Waals surface area contributed by atoms with Gasteiger partial charge in [0.1, 0.15) is 43.2 Å². The summed E-state index contributed by atoms with van der Waals surface area (Å²) in [5.41, 5.74) is 0. The van der Waals surface area contributed by atoms with E-state index in [0.717, 1.165) is 57.8 Å². The molecule has 14 heteroatoms. The molecule has 1 fully saturated rings. The fourth-order valence-electron chi connectivity index (χ4n) is 6.05. The fraction of sp³-hybridized carbons (Fsp3) is 0.895. The molecule has 0 aromatic rings. The molecule has 1 rings (SSSR count). The molecule has 6 N–H and O–H groups in total. The molecule has 52 heavy (non-hydrogen) atoms. The van der Waals surface area contributed by atoms with Gasteiger partial charge in [-0.05, 0) is 38.5 Å². The summed E-state index contributed by atoms with van der Waals surface area (Å²) < 4.78 is 33.3. The Morgan fingerprint density at radius 1 is 0.577 bits per heavy atom. The molecule has 1 saturated carbocycles. The van der Waals surface area contributed by atoms with Crippen molar-refractivity contribution in [1.29, 1.82) is 0 Å². The van der Waals surface area contributed by atoms with Gasteiger partial charge < -0.3 is 39.9 Å². The number of esters is 2. The zero-order valence-electron chi connectivity index (χ0n) is 31.9. The second-order valence-electron chi connectivity index (χ2n) is 14.1. The Morgan fingerprint density at radius 2 is 0.981 bits per heavy atom. The number of allylic oxidation sites excluding steroid dienone is 2. The number of carbonyl (C=O) groups is 2. The molecule has 8 atom stereocenters. The van der Waals surface area contributed by atoms with Gasteiger partial charge in [-0.1, -0.05) is 122 Å². The lowest BCUT2D eigenvalue weighted by Gasteiger charge is -2.41. The Bertz CT molecular complexity index is 980. The number of phosphoric acid groups is 1. The van der Waals surface area contributed by atoms with Crippen LogP contribution in [0.4, 0.5) is 0 Å². The van der Waals surface area contributed by atoms with Gasteiger partial charge in [0, 0.05) is 12.8 Å². The minimum Gasteiger partial charge on any atom is -0.462 e. The van der Waals surface area contributed by atoms with E-state index in [2.05, 4.69) is 26.0 Å². The summed E-state index contributed by atoms with van der Waals surface area (Å²) in [5.74, 6) is -1.11. The van der Waals surface area contributed by atoms with Crippen LogP contribution in [0.25, 0.3) is 0 Å². The van der Waals surface area contributed by atoms with E-state index in [0.29, 0.717) is 12.8 Å². The third-order valence-corrected chi connectivity index (χ3v) is 10.3. The molecular weight excluding hydrogens is 695 g/mol. The van der Waals surface area contributed by atoms with Crippen molar-refractivity contribution >= 4 is 19.8 Å². The van der Waals surface area contributed by atoms with Crippen LogP contribution in [0.2, 0.25) is 0 Å². The molecule has 0 aromatic heterocycles. The van der Waals surface area contributed by atoms with Gasteiger partial charge >= 0.3 is 19.8 Å². The largest absolute Gasteiger partial charge is 0.472 e. The van der Waals surface area contributed by atoms with E-state index in [1.807, 2.05) is 0 Å². The number of rotatable bonds is 32. The van der Waals surface area contributed by atoms with Crippen LogP contribution in [0.3, 0.4) is 0 Å². The van der Waals surface area contributed by atoms with E-state index in [9.17, 15) is 44.6 Å². The van der Waals surface area contributed by atoms with Crippen LogP contribution in [0.5, 0.6) is 0 Å². The normalized spacial score (nSPS) is 23.8. The zero-order chi connectivity index (χ0) is 38.6. The molecule has 0 aliphatic heterocycles. The zero-order valence-corrected chi connectivity index (χ0v) is 32.8. The maximum atomic E-state index is 12.7. The molecule has 306 valence electrons. The Balaban J connectivity index is 2.54. The van der Waals surface area contributed by atoms with Crippen molar-refractivity contribution in [1.82, 2.24) is 0 Å². The maximum Gasteiger partial charge on any atom is 0.472 e. The molecule has 0 aromatic carbocycles. The minimum atomic E-state index is -5.10. The van der Waals surface area contributed by atoms with Gasteiger partial charge in [-0.2, -0.15) is 0 Å². The van der Waals surface area contributed by atoms with Gasteiger partial charge in [0.15, 0.2) is 6.10 Å². The van der Waals surface area contributed by atoms with Crippen LogP contribution in [-0.2, 0) is 32.7 Å². The van der Waals surface area contributed by atoms with Crippen molar-refractivity contribution in [3.63, 3.8) is 0 Å². The molecule has 0 bridgehead atoms. The highest BCUT2D eigenvalue weighted by atomic mass is 31.2. The molecule has 13 nitrogen and oxygen atoms in total. The minimum absolute atomic E-state index is 0.0898. The maximum absolute atomic E-state index is 12.7. The lowest BCUT2D eigenvalue weighted by Crippen LogP contribution is -2.64. The Kier molecular flexibility index (Phi) is 27.9. The smallest absolute Gasteiger partial charge is 0.462 e. The molecule has 0 radical (unpaired) electrons. The van der Waals surface area contributed by atoms with Gasteiger partial charge in [0.2, 0.25) is 0 Å². The van der Waals surface area contributed by atoms with Crippen LogP contribution in [-0.4, -0.2) is 98.3 Å². The first-order valence-corrected chi connectivity index (χ1v) is 21.5. The number of ether oxygens (including phenoxy) is 2. The van der Waals surface area contributed by atoms with Crippen molar-refractivity contribution in [2.24, 2.45) is 0 Å². The number of hydrogen-bond donors (Lipinski definition) is 6. The average Bonchev–Trinajstić information content (AvgIpc) is 3.12. The second kappa shape index (κ2) is 29.9. The first-order valence-electron chi connectivity index (χ1n) is 20.0. The summed E-state index contributed by atoms with van der Waals surface area (Å²) in [6, 6.07) is 0. The third-order valence-electron chi connectivity index (χ3n) is 9.36. The number of aliphatic hydroxyl groups is 5. The quantitative estimate of drug-likeness (QED) is 0.0192. The predicted octanol–water partition coefficient (Wildman–Crippen LogP) is 6.33. The summed E-state index contributed by atoms with van der Waals surface area (Å²) in [7, 11) is -5.10. The molecule has 1 aliphatic rings. The van der Waals surface area contributed by atoms with Crippen molar-refractivity contribution in [3.05, 3.63) is 12.2 Å². The molecule has 0 amide bonds. The van der Waals surface area contributed by atoms with Gasteiger partial charge in [0.05, 0.1) is 6.61 Å². The van der Waals surface area contributed by atoms with Crippen LogP contribution in [0, 0.1) is 0 Å². The highest BCUT2D eigenvalue weighted by Gasteiger charge is 2.51. The van der Waals surface area contributed by atoms with Crippen LogP contribution < -0.4 is 0 Å². The van der Waals surface area contributed by atoms with Gasteiger partial charge in [-0.25, -0.2) is 4.57 Å².